The number of nitrogens with zero attached hydrogens (tertiary/aromatic N) is 1. The molecule has 0 aliphatic heterocycles. The molecule has 0 spiro atoms. The van der Waals surface area contributed by atoms with Gasteiger partial charge in [0.1, 0.15) is 5.75 Å². The summed E-state index contributed by atoms with van der Waals surface area (Å²) in [7, 11) is 1.62. The van der Waals surface area contributed by atoms with Gasteiger partial charge in [-0.2, -0.15) is 0 Å². The molecule has 1 rings (SSSR count). The molecule has 74 valence electrons. The third-order valence-corrected chi connectivity index (χ3v) is 2.30. The Labute approximate surface area is 90.9 Å². The lowest BCUT2D eigenvalue weighted by Crippen LogP contribution is -1.94. The zero-order valence-corrected chi connectivity index (χ0v) is 9.37. The molecule has 0 saturated heterocycles. The van der Waals surface area contributed by atoms with Crippen molar-refractivity contribution in [2.24, 2.45) is 4.99 Å². The lowest BCUT2D eigenvalue weighted by atomic mass is 10.1. The first-order chi connectivity index (χ1) is 6.77. The van der Waals surface area contributed by atoms with Crippen molar-refractivity contribution in [3.8, 4) is 5.75 Å². The first-order valence-corrected chi connectivity index (χ1v) is 4.93. The predicted molar refractivity (Wildman–Crippen MR) is 57.4 cm³/mol. The van der Waals surface area contributed by atoms with Crippen molar-refractivity contribution in [2.45, 2.75) is 6.42 Å². The molecule has 0 atom stereocenters. The molecule has 0 saturated carbocycles. The van der Waals surface area contributed by atoms with Crippen molar-refractivity contribution in [1.29, 1.82) is 0 Å². The average molecular weight is 256 g/mol. The van der Waals surface area contributed by atoms with Crippen molar-refractivity contribution >= 4 is 22.0 Å². The van der Waals surface area contributed by atoms with E-state index in [1.54, 1.807) is 7.11 Å². The minimum absolute atomic E-state index is 0.446. The van der Waals surface area contributed by atoms with Crippen molar-refractivity contribution in [1.82, 2.24) is 0 Å². The minimum atomic E-state index is 0.446. The Kier molecular flexibility index (Phi) is 4.36. The molecule has 0 bridgehead atoms. The van der Waals surface area contributed by atoms with E-state index >= 15 is 0 Å². The maximum absolute atomic E-state index is 9.87. The van der Waals surface area contributed by atoms with Crippen LogP contribution in [-0.4, -0.2) is 19.7 Å². The molecule has 4 heteroatoms. The lowest BCUT2D eigenvalue weighted by molar-refractivity contribution is 0.409. The monoisotopic (exact) mass is 255 g/mol. The number of halogens is 1. The maximum Gasteiger partial charge on any atom is 0.234 e. The predicted octanol–water partition coefficient (Wildman–Crippen LogP) is 2.34. The molecule has 0 N–H and O–H groups in total. The van der Waals surface area contributed by atoms with Crippen LogP contribution in [0.4, 0.5) is 0 Å². The van der Waals surface area contributed by atoms with Gasteiger partial charge in [-0.25, -0.2) is 9.79 Å². The summed E-state index contributed by atoms with van der Waals surface area (Å²) in [6.45, 7) is 0.446. The summed E-state index contributed by atoms with van der Waals surface area (Å²) in [6, 6.07) is 5.77. The molecule has 0 aromatic heterocycles. The molecule has 14 heavy (non-hydrogen) atoms. The zero-order valence-electron chi connectivity index (χ0n) is 7.79. The SMILES string of the molecule is COc1cc(Br)ccc1CCN=C=O. The summed E-state index contributed by atoms with van der Waals surface area (Å²) in [5.41, 5.74) is 1.04. The fraction of sp³-hybridized carbons (Fsp3) is 0.300. The number of methoxy groups -OCH3 is 1. The Hall–Kier alpha value is -1.12. The molecule has 0 amide bonds. The molecule has 1 aromatic rings. The highest BCUT2D eigenvalue weighted by molar-refractivity contribution is 9.10. The van der Waals surface area contributed by atoms with Crippen LogP contribution in [0.1, 0.15) is 5.56 Å². The Morgan fingerprint density at radius 3 is 3.00 bits per heavy atom. The third kappa shape index (κ3) is 2.98. The number of ether oxygens (including phenoxy) is 1. The van der Waals surface area contributed by atoms with Gasteiger partial charge < -0.3 is 4.74 Å². The Morgan fingerprint density at radius 2 is 2.36 bits per heavy atom. The van der Waals surface area contributed by atoms with Crippen LogP contribution in [0, 0.1) is 0 Å². The highest BCUT2D eigenvalue weighted by atomic mass is 79.9. The molecule has 0 heterocycles. The van der Waals surface area contributed by atoms with Crippen molar-refractivity contribution in [2.75, 3.05) is 13.7 Å². The fourth-order valence-corrected chi connectivity index (χ4v) is 1.49. The van der Waals surface area contributed by atoms with E-state index in [2.05, 4.69) is 20.9 Å². The second kappa shape index (κ2) is 5.58. The Balaban J connectivity index is 2.79. The van der Waals surface area contributed by atoms with Gasteiger partial charge in [0.25, 0.3) is 0 Å². The Bertz CT molecular complexity index is 359. The minimum Gasteiger partial charge on any atom is -0.496 e. The summed E-state index contributed by atoms with van der Waals surface area (Å²) in [4.78, 5) is 13.4. The van der Waals surface area contributed by atoms with E-state index in [1.165, 1.54) is 6.08 Å². The lowest BCUT2D eigenvalue weighted by Gasteiger charge is -2.06. The molecular weight excluding hydrogens is 246 g/mol. The van der Waals surface area contributed by atoms with Gasteiger partial charge in [-0.1, -0.05) is 22.0 Å². The van der Waals surface area contributed by atoms with Crippen LogP contribution in [0.3, 0.4) is 0 Å². The number of isocyanates is 1. The van der Waals surface area contributed by atoms with Gasteiger partial charge in [-0.3, -0.25) is 0 Å². The summed E-state index contributed by atoms with van der Waals surface area (Å²) in [5.74, 6) is 0.806. The quantitative estimate of drug-likeness (QED) is 0.612. The second-order valence-corrected chi connectivity index (χ2v) is 3.59. The topological polar surface area (TPSA) is 38.7 Å². The van der Waals surface area contributed by atoms with Crippen LogP contribution in [0.5, 0.6) is 5.75 Å². The molecule has 0 unspecified atom stereocenters. The van der Waals surface area contributed by atoms with E-state index in [4.69, 9.17) is 4.74 Å². The van der Waals surface area contributed by atoms with Crippen molar-refractivity contribution in [3.05, 3.63) is 28.2 Å². The molecule has 0 fully saturated rings. The van der Waals surface area contributed by atoms with Crippen LogP contribution in [0.15, 0.2) is 27.7 Å². The van der Waals surface area contributed by atoms with Gasteiger partial charge >= 0.3 is 0 Å². The highest BCUT2D eigenvalue weighted by Crippen LogP contribution is 2.23. The van der Waals surface area contributed by atoms with Crippen molar-refractivity contribution < 1.29 is 9.53 Å². The molecule has 0 aliphatic carbocycles. The van der Waals surface area contributed by atoms with Crippen LogP contribution in [-0.2, 0) is 11.2 Å². The van der Waals surface area contributed by atoms with Gasteiger partial charge in [-0.15, -0.1) is 0 Å². The van der Waals surface area contributed by atoms with Gasteiger partial charge in [0.2, 0.25) is 6.08 Å². The van der Waals surface area contributed by atoms with Crippen molar-refractivity contribution in [3.63, 3.8) is 0 Å². The standard InChI is InChI=1S/C10H10BrNO2/c1-14-10-6-9(11)3-2-8(10)4-5-12-7-13/h2-3,6H,4-5H2,1H3. The average Bonchev–Trinajstić information content (AvgIpc) is 2.20. The molecule has 0 aliphatic rings. The number of benzene rings is 1. The molecular formula is C10H10BrNO2. The fourth-order valence-electron chi connectivity index (χ4n) is 1.15. The molecule has 3 nitrogen and oxygen atoms in total. The maximum atomic E-state index is 9.87. The number of aliphatic imine (C=N–C) groups is 1. The summed E-state index contributed by atoms with van der Waals surface area (Å²) < 4.78 is 6.16. The van der Waals surface area contributed by atoms with E-state index < -0.39 is 0 Å². The first-order valence-electron chi connectivity index (χ1n) is 4.14. The van der Waals surface area contributed by atoms with Gasteiger partial charge in [0.05, 0.1) is 13.7 Å². The third-order valence-electron chi connectivity index (χ3n) is 1.81. The van der Waals surface area contributed by atoms with Crippen LogP contribution in [0.25, 0.3) is 0 Å². The van der Waals surface area contributed by atoms with Gasteiger partial charge in [0.15, 0.2) is 0 Å². The number of hydrogen-bond acceptors (Lipinski definition) is 3. The summed E-state index contributed by atoms with van der Waals surface area (Å²) in [6.07, 6.45) is 2.20. The number of hydrogen-bond donors (Lipinski definition) is 0. The number of carbonyl (C=O) groups excluding carboxylic acids is 1. The Morgan fingerprint density at radius 1 is 1.57 bits per heavy atom. The molecule has 1 aromatic carbocycles. The van der Waals surface area contributed by atoms with E-state index in [9.17, 15) is 4.79 Å². The molecule has 0 radical (unpaired) electrons. The van der Waals surface area contributed by atoms with Gasteiger partial charge in [-0.05, 0) is 24.1 Å². The number of rotatable bonds is 4. The normalized spacial score (nSPS) is 9.29. The largest absolute Gasteiger partial charge is 0.496 e. The zero-order chi connectivity index (χ0) is 10.4. The first kappa shape index (κ1) is 11.0. The second-order valence-electron chi connectivity index (χ2n) is 2.68. The highest BCUT2D eigenvalue weighted by Gasteiger charge is 2.02. The van der Waals surface area contributed by atoms with Gasteiger partial charge in [0, 0.05) is 4.47 Å². The smallest absolute Gasteiger partial charge is 0.234 e. The van der Waals surface area contributed by atoms with Crippen LogP contribution < -0.4 is 4.74 Å². The van der Waals surface area contributed by atoms with Crippen LogP contribution >= 0.6 is 15.9 Å². The van der Waals surface area contributed by atoms with E-state index in [0.717, 1.165) is 15.8 Å². The summed E-state index contributed by atoms with van der Waals surface area (Å²) in [5, 5.41) is 0. The van der Waals surface area contributed by atoms with Crippen LogP contribution in [0.2, 0.25) is 0 Å². The van der Waals surface area contributed by atoms with E-state index in [-0.39, 0.29) is 0 Å². The van der Waals surface area contributed by atoms with E-state index in [1.807, 2.05) is 18.2 Å². The summed E-state index contributed by atoms with van der Waals surface area (Å²) >= 11 is 3.35. The van der Waals surface area contributed by atoms with E-state index in [0.29, 0.717) is 13.0 Å².